The van der Waals surface area contributed by atoms with Gasteiger partial charge in [-0.2, -0.15) is 0 Å². The fourth-order valence-electron chi connectivity index (χ4n) is 16.2. The van der Waals surface area contributed by atoms with Gasteiger partial charge in [-0.25, -0.2) is 14.4 Å². The van der Waals surface area contributed by atoms with E-state index in [0.29, 0.717) is 31.3 Å². The Kier molecular flexibility index (Phi) is 18.4. The highest BCUT2D eigenvalue weighted by Crippen LogP contribution is 2.76. The number of aliphatic carboxylic acids is 1. The Hall–Kier alpha value is -3.09. The molecule has 4 saturated carbocycles. The Balaban J connectivity index is 1.15. The maximum Gasteiger partial charge on any atom is 0.335 e. The number of rotatable bonds is 15. The lowest BCUT2D eigenvalue weighted by Gasteiger charge is -2.73. The Morgan fingerprint density at radius 2 is 1.17 bits per heavy atom. The Bertz CT molecular complexity index is 2410. The van der Waals surface area contributed by atoms with Crippen LogP contribution in [0.25, 0.3) is 0 Å². The lowest BCUT2D eigenvalue weighted by atomic mass is 9.32. The van der Waals surface area contributed by atoms with Crippen LogP contribution in [0.5, 0.6) is 0 Å². The number of allylic oxidation sites excluding steroid dienone is 3. The Morgan fingerprint density at radius 1 is 0.630 bits per heavy atom. The highest BCUT2D eigenvalue weighted by atomic mass is 16.8. The van der Waals surface area contributed by atoms with E-state index in [0.717, 1.165) is 5.57 Å². The monoisotopic (exact) mass is 1160 g/mol. The zero-order valence-corrected chi connectivity index (χ0v) is 47.8. The van der Waals surface area contributed by atoms with Crippen LogP contribution in [0, 0.1) is 50.2 Å². The number of carboxylic acid groups (broad SMARTS) is 1. The summed E-state index contributed by atoms with van der Waals surface area (Å²) in [5, 5.41) is 146. The number of carboxylic acids is 1. The van der Waals surface area contributed by atoms with Crippen LogP contribution in [0.2, 0.25) is 0 Å². The molecule has 8 aliphatic rings. The van der Waals surface area contributed by atoms with Crippen molar-refractivity contribution in [2.45, 2.75) is 224 Å². The summed E-state index contributed by atoms with van der Waals surface area (Å²) in [6.45, 7) is 15.3. The molecule has 0 amide bonds. The highest BCUT2D eigenvalue weighted by Gasteiger charge is 2.77. The molecule has 8 rings (SSSR count). The van der Waals surface area contributed by atoms with E-state index in [1.165, 1.54) is 0 Å². The SMILES string of the molecule is CC=C(C)C(=O)O[C@H]1[C@H](OC(=O)C(C)=CC)[C@@]2(CO)C(CC1(C)C)C1=CCC3[C@@]4(C)CC[C@H](O[C@@H]5OC(C(=O)O)[C@@H](O)[C@@H](O[C@@H]6O[C@@H](CO)[C@@H](O)C6O)C5O[C@@H]5OC(CO)[C@@H](O)[C@@H](O)C5O)[C@@](C)(CO)C4CC[C@@]3(C)[C@]1(C)[C@@H](O)[C@H]2O. The minimum absolute atomic E-state index is 0.165. The third-order valence-electron chi connectivity index (χ3n) is 21.5. The largest absolute Gasteiger partial charge is 0.479 e. The first-order chi connectivity index (χ1) is 37.9. The third-order valence-corrected chi connectivity index (χ3v) is 21.5. The number of esters is 2. The van der Waals surface area contributed by atoms with Crippen molar-refractivity contribution in [3.05, 3.63) is 34.9 Å². The van der Waals surface area contributed by atoms with Gasteiger partial charge in [-0.05, 0) is 94.8 Å². The molecule has 7 fully saturated rings. The van der Waals surface area contributed by atoms with Crippen LogP contribution in [-0.2, 0) is 52.3 Å². The van der Waals surface area contributed by atoms with E-state index in [4.69, 9.17) is 37.9 Å². The normalized spacial score (nSPS) is 49.8. The summed E-state index contributed by atoms with van der Waals surface area (Å²) in [7, 11) is 0. The van der Waals surface area contributed by atoms with Gasteiger partial charge in [0.15, 0.2) is 31.1 Å². The van der Waals surface area contributed by atoms with Crippen LogP contribution in [0.15, 0.2) is 34.9 Å². The van der Waals surface area contributed by atoms with Gasteiger partial charge >= 0.3 is 17.9 Å². The van der Waals surface area contributed by atoms with E-state index in [9.17, 15) is 80.8 Å². The van der Waals surface area contributed by atoms with Crippen LogP contribution in [-0.4, -0.2) is 227 Å². The molecule has 3 aliphatic heterocycles. The van der Waals surface area contributed by atoms with Gasteiger partial charge in [0.1, 0.15) is 67.1 Å². The summed E-state index contributed by atoms with van der Waals surface area (Å²) < 4.78 is 48.8. The van der Waals surface area contributed by atoms with Crippen molar-refractivity contribution in [2.75, 3.05) is 26.4 Å². The van der Waals surface area contributed by atoms with Gasteiger partial charge < -0.3 is 104 Å². The van der Waals surface area contributed by atoms with Gasteiger partial charge in [-0.3, -0.25) is 0 Å². The third kappa shape index (κ3) is 9.98. The summed E-state index contributed by atoms with van der Waals surface area (Å²) >= 11 is 0. The molecule has 0 aromatic heterocycles. The molecule has 27 atom stereocenters. The van der Waals surface area contributed by atoms with Crippen LogP contribution in [0.4, 0.5) is 0 Å². The van der Waals surface area contributed by atoms with Crippen molar-refractivity contribution in [3.63, 3.8) is 0 Å². The summed E-state index contributed by atoms with van der Waals surface area (Å²) in [5.41, 5.74) is -5.25. The molecule has 24 nitrogen and oxygen atoms in total. The molecule has 0 bridgehead atoms. The summed E-state index contributed by atoms with van der Waals surface area (Å²) in [6.07, 6.45) is -25.7. The maximum absolute atomic E-state index is 13.9. The zero-order chi connectivity index (χ0) is 60.0. The van der Waals surface area contributed by atoms with E-state index in [-0.39, 0.29) is 24.3 Å². The standard InChI is InChI=1S/C57H88O24/c1-11-24(3)47(72)80-44-45(81-48(73)25(4)12-2)57(23-61)27(19-52(44,5)6)26-13-14-31-53(7)17-16-32(54(8,22-60)30(53)15-18-55(31,9)56(26,10)42(68)43(57)69)76-51-41(79-50-37(66)35(64)33(62)28(20-58)74-50)39(38(67)40(78-51)46(70)71)77-49-36(65)34(63)29(21-59)75-49/h11-13,27-45,49-51,58-69H,14-23H2,1-10H3,(H,70,71)/t27?,28?,29-,30?,31?,32-,33+,34+,35+,36?,37?,38-,39+,40?,41?,42-,43+,44-,45-,49-,50-,51+,53-,54-,55+,56-,57-/m0/s1. The van der Waals surface area contributed by atoms with Crippen LogP contribution < -0.4 is 0 Å². The van der Waals surface area contributed by atoms with Gasteiger partial charge in [-0.15, -0.1) is 0 Å². The van der Waals surface area contributed by atoms with E-state index in [2.05, 4.69) is 19.9 Å². The highest BCUT2D eigenvalue weighted by molar-refractivity contribution is 5.89. The van der Waals surface area contributed by atoms with Crippen molar-refractivity contribution >= 4 is 17.9 Å². The maximum atomic E-state index is 13.9. The van der Waals surface area contributed by atoms with E-state index < -0.39 is 205 Å². The quantitative estimate of drug-likeness (QED) is 0.0415. The van der Waals surface area contributed by atoms with Crippen molar-refractivity contribution < 1.29 is 119 Å². The van der Waals surface area contributed by atoms with Gasteiger partial charge in [-0.1, -0.05) is 65.3 Å². The lowest BCUT2D eigenvalue weighted by molar-refractivity contribution is -0.387. The van der Waals surface area contributed by atoms with Crippen LogP contribution in [0.1, 0.15) is 108 Å². The zero-order valence-electron chi connectivity index (χ0n) is 47.8. The second-order valence-corrected chi connectivity index (χ2v) is 25.9. The van der Waals surface area contributed by atoms with Crippen molar-refractivity contribution in [1.82, 2.24) is 0 Å². The molecule has 5 aliphatic carbocycles. The number of hydrogen-bond donors (Lipinski definition) is 13. The van der Waals surface area contributed by atoms with E-state index in [1.807, 2.05) is 27.7 Å². The first-order valence-corrected chi connectivity index (χ1v) is 28.3. The molecule has 8 unspecified atom stereocenters. The first kappa shape index (κ1) is 63.9. The second kappa shape index (κ2) is 23.3. The molecule has 0 aromatic rings. The Morgan fingerprint density at radius 3 is 1.70 bits per heavy atom. The number of aliphatic hydroxyl groups excluding tert-OH is 12. The van der Waals surface area contributed by atoms with Crippen LogP contribution in [0.3, 0.4) is 0 Å². The molecule has 0 radical (unpaired) electrons. The lowest BCUT2D eigenvalue weighted by Crippen LogP contribution is -2.76. The fourth-order valence-corrected chi connectivity index (χ4v) is 16.2. The van der Waals surface area contributed by atoms with Gasteiger partial charge in [0.25, 0.3) is 0 Å². The second-order valence-electron chi connectivity index (χ2n) is 25.9. The predicted octanol–water partition coefficient (Wildman–Crippen LogP) is -0.765. The summed E-state index contributed by atoms with van der Waals surface area (Å²) in [6, 6.07) is 0. The smallest absolute Gasteiger partial charge is 0.335 e. The first-order valence-electron chi connectivity index (χ1n) is 28.3. The summed E-state index contributed by atoms with van der Waals surface area (Å²) in [4.78, 5) is 40.4. The number of aliphatic hydroxyl groups is 12. The number of carbonyl (C=O) groups excluding carboxylic acids is 2. The van der Waals surface area contributed by atoms with Crippen molar-refractivity contribution in [3.8, 4) is 0 Å². The van der Waals surface area contributed by atoms with Gasteiger partial charge in [0.05, 0.1) is 50.2 Å². The molecule has 460 valence electrons. The molecule has 13 N–H and O–H groups in total. The number of carbonyl (C=O) groups is 3. The number of fused-ring (bicyclic) bond motifs is 7. The van der Waals surface area contributed by atoms with Gasteiger partial charge in [0, 0.05) is 27.4 Å². The average Bonchev–Trinajstić information content (AvgIpc) is 1.99. The molecule has 81 heavy (non-hydrogen) atoms. The van der Waals surface area contributed by atoms with Crippen molar-refractivity contribution in [1.29, 1.82) is 0 Å². The minimum Gasteiger partial charge on any atom is -0.479 e. The number of ether oxygens (including phenoxy) is 8. The van der Waals surface area contributed by atoms with Crippen molar-refractivity contribution in [2.24, 2.45) is 50.2 Å². The Labute approximate surface area is 471 Å². The van der Waals surface area contributed by atoms with Crippen LogP contribution >= 0.6 is 0 Å². The minimum atomic E-state index is -2.18. The van der Waals surface area contributed by atoms with Gasteiger partial charge in [0.2, 0.25) is 0 Å². The number of hydrogen-bond acceptors (Lipinski definition) is 23. The molecule has 3 heterocycles. The topological polar surface area (TPSA) is 388 Å². The molecule has 0 spiro atoms. The summed E-state index contributed by atoms with van der Waals surface area (Å²) in [5.74, 6) is -4.48. The van der Waals surface area contributed by atoms with E-state index in [1.54, 1.807) is 39.8 Å². The molecular formula is C57H88O24. The average molecular weight is 1160 g/mol. The molecule has 3 saturated heterocycles. The molecular weight excluding hydrogens is 1070 g/mol. The molecule has 0 aromatic carbocycles. The van der Waals surface area contributed by atoms with E-state index >= 15 is 0 Å². The fraction of sp³-hybridized carbons (Fsp3) is 0.842. The molecule has 24 heteroatoms. The predicted molar refractivity (Wildman–Crippen MR) is 278 cm³/mol.